The minimum atomic E-state index is -0.757. The van der Waals surface area contributed by atoms with Crippen molar-refractivity contribution in [3.63, 3.8) is 0 Å². The van der Waals surface area contributed by atoms with Gasteiger partial charge in [0, 0.05) is 38.0 Å². The molecule has 8 heteroatoms. The summed E-state index contributed by atoms with van der Waals surface area (Å²) in [6, 6.07) is 21.2. The van der Waals surface area contributed by atoms with Gasteiger partial charge in [0.15, 0.2) is 11.5 Å². The molecule has 2 aromatic heterocycles. The molecule has 3 heterocycles. The Hall–Kier alpha value is -4.33. The van der Waals surface area contributed by atoms with Gasteiger partial charge >= 0.3 is 0 Å². The second-order valence-corrected chi connectivity index (χ2v) is 8.46. The number of carbonyl (C=O) groups is 3. The summed E-state index contributed by atoms with van der Waals surface area (Å²) < 4.78 is 10.9. The smallest absolute Gasteiger partial charge is 0.289 e. The molecule has 0 radical (unpaired) electrons. The second-order valence-electron chi connectivity index (χ2n) is 8.46. The van der Waals surface area contributed by atoms with Crippen LogP contribution in [-0.2, 0) is 11.2 Å². The number of piperazine rings is 1. The van der Waals surface area contributed by atoms with Crippen molar-refractivity contribution in [3.8, 4) is 0 Å². The van der Waals surface area contributed by atoms with Gasteiger partial charge in [-0.1, -0.05) is 48.5 Å². The predicted molar refractivity (Wildman–Crippen MR) is 129 cm³/mol. The highest BCUT2D eigenvalue weighted by atomic mass is 16.3. The number of benzene rings is 2. The summed E-state index contributed by atoms with van der Waals surface area (Å²) in [6.45, 7) is 1.50. The van der Waals surface area contributed by atoms with Crippen molar-refractivity contribution in [1.82, 2.24) is 15.1 Å². The average Bonchev–Trinajstić information content (AvgIpc) is 3.59. The molecule has 1 saturated heterocycles. The summed E-state index contributed by atoms with van der Waals surface area (Å²) in [6.07, 6.45) is 1.77. The van der Waals surface area contributed by atoms with Crippen molar-refractivity contribution >= 4 is 28.7 Å². The van der Waals surface area contributed by atoms with Gasteiger partial charge in [-0.15, -0.1) is 0 Å². The van der Waals surface area contributed by atoms with Crippen LogP contribution in [0.15, 0.2) is 87.9 Å². The van der Waals surface area contributed by atoms with Crippen LogP contribution in [0.25, 0.3) is 11.0 Å². The third-order valence-electron chi connectivity index (χ3n) is 6.15. The lowest BCUT2D eigenvalue weighted by Gasteiger charge is -2.36. The summed E-state index contributed by atoms with van der Waals surface area (Å²) in [5.41, 5.74) is 1.60. The highest BCUT2D eigenvalue weighted by Crippen LogP contribution is 2.21. The first-order chi connectivity index (χ1) is 17.1. The van der Waals surface area contributed by atoms with Gasteiger partial charge in [-0.25, -0.2) is 0 Å². The molecule has 8 nitrogen and oxygen atoms in total. The zero-order valence-electron chi connectivity index (χ0n) is 19.1. The number of nitrogens with one attached hydrogen (secondary N) is 1. The number of para-hydroxylation sites is 1. The van der Waals surface area contributed by atoms with Crippen LogP contribution >= 0.6 is 0 Å². The van der Waals surface area contributed by atoms with E-state index in [2.05, 4.69) is 5.32 Å². The summed E-state index contributed by atoms with van der Waals surface area (Å²) >= 11 is 0. The Morgan fingerprint density at radius 2 is 1.54 bits per heavy atom. The van der Waals surface area contributed by atoms with Crippen LogP contribution in [0.2, 0.25) is 0 Å². The highest BCUT2D eigenvalue weighted by molar-refractivity contribution is 5.97. The third kappa shape index (κ3) is 4.96. The van der Waals surface area contributed by atoms with Gasteiger partial charge in [0.1, 0.15) is 11.6 Å². The van der Waals surface area contributed by atoms with E-state index >= 15 is 0 Å². The molecule has 1 N–H and O–H groups in total. The first-order valence-electron chi connectivity index (χ1n) is 11.5. The first-order valence-corrected chi connectivity index (χ1v) is 11.5. The fourth-order valence-electron chi connectivity index (χ4n) is 4.28. The van der Waals surface area contributed by atoms with Crippen LogP contribution in [0.4, 0.5) is 0 Å². The molecule has 1 aliphatic heterocycles. The Kier molecular flexibility index (Phi) is 6.34. The van der Waals surface area contributed by atoms with Gasteiger partial charge in [0.05, 0.1) is 6.26 Å². The molecule has 178 valence electrons. The maximum absolute atomic E-state index is 13.4. The van der Waals surface area contributed by atoms with E-state index < -0.39 is 11.9 Å². The van der Waals surface area contributed by atoms with Gasteiger partial charge in [0.2, 0.25) is 5.91 Å². The van der Waals surface area contributed by atoms with E-state index in [9.17, 15) is 14.4 Å². The van der Waals surface area contributed by atoms with Gasteiger partial charge in [0.25, 0.3) is 11.8 Å². The molecule has 2 aromatic carbocycles. The lowest BCUT2D eigenvalue weighted by Crippen LogP contribution is -2.56. The van der Waals surface area contributed by atoms with E-state index in [1.165, 1.54) is 6.26 Å². The molecule has 5 rings (SSSR count). The van der Waals surface area contributed by atoms with Crippen molar-refractivity contribution in [2.45, 2.75) is 12.5 Å². The van der Waals surface area contributed by atoms with Crippen LogP contribution in [0.1, 0.15) is 26.7 Å². The molecular formula is C27H25N3O5. The zero-order valence-corrected chi connectivity index (χ0v) is 19.1. The largest absolute Gasteiger partial charge is 0.459 e. The standard InChI is InChI=1S/C27H25N3O5/c31-25(23-11-6-16-34-23)28-21(17-19-7-2-1-3-8-19)26(32)29-12-14-30(15-13-29)27(33)24-18-20-9-4-5-10-22(20)35-24/h1-11,16,18,21H,12-15,17H2,(H,28,31). The Morgan fingerprint density at radius 3 is 2.26 bits per heavy atom. The topological polar surface area (TPSA) is 96.0 Å². The maximum Gasteiger partial charge on any atom is 0.289 e. The number of amides is 3. The van der Waals surface area contributed by atoms with Crippen LogP contribution in [0.5, 0.6) is 0 Å². The quantitative estimate of drug-likeness (QED) is 0.465. The summed E-state index contributed by atoms with van der Waals surface area (Å²) in [4.78, 5) is 42.4. The molecular weight excluding hydrogens is 446 g/mol. The molecule has 1 aliphatic rings. The lowest BCUT2D eigenvalue weighted by molar-refractivity contribution is -0.134. The number of hydrogen-bond donors (Lipinski definition) is 1. The number of furan rings is 2. The van der Waals surface area contributed by atoms with Crippen molar-refractivity contribution in [2.75, 3.05) is 26.2 Å². The molecule has 0 saturated carbocycles. The van der Waals surface area contributed by atoms with Gasteiger partial charge < -0.3 is 24.0 Å². The Morgan fingerprint density at radius 1 is 0.829 bits per heavy atom. The lowest BCUT2D eigenvalue weighted by atomic mass is 10.0. The van der Waals surface area contributed by atoms with Gasteiger partial charge in [-0.2, -0.15) is 0 Å². The van der Waals surface area contributed by atoms with Crippen molar-refractivity contribution < 1.29 is 23.2 Å². The molecule has 0 bridgehead atoms. The fraction of sp³-hybridized carbons (Fsp3) is 0.222. The molecule has 0 aliphatic carbocycles. The Bertz CT molecular complexity index is 1290. The summed E-state index contributed by atoms with van der Waals surface area (Å²) in [7, 11) is 0. The van der Waals surface area contributed by atoms with Crippen LogP contribution in [0.3, 0.4) is 0 Å². The molecule has 3 amide bonds. The predicted octanol–water partition coefficient (Wildman–Crippen LogP) is 3.35. The van der Waals surface area contributed by atoms with E-state index in [0.717, 1.165) is 10.9 Å². The molecule has 1 fully saturated rings. The molecule has 1 atom stereocenters. The van der Waals surface area contributed by atoms with Crippen LogP contribution in [0, 0.1) is 0 Å². The highest BCUT2D eigenvalue weighted by Gasteiger charge is 2.31. The van der Waals surface area contributed by atoms with E-state index in [1.807, 2.05) is 54.6 Å². The normalized spacial score (nSPS) is 14.6. The van der Waals surface area contributed by atoms with Crippen LogP contribution in [-0.4, -0.2) is 59.7 Å². The van der Waals surface area contributed by atoms with Crippen LogP contribution < -0.4 is 5.32 Å². The minimum Gasteiger partial charge on any atom is -0.459 e. The summed E-state index contributed by atoms with van der Waals surface area (Å²) in [5, 5.41) is 3.70. The molecule has 1 unspecified atom stereocenters. The second kappa shape index (κ2) is 9.89. The van der Waals surface area contributed by atoms with Gasteiger partial charge in [-0.3, -0.25) is 14.4 Å². The monoisotopic (exact) mass is 471 g/mol. The van der Waals surface area contributed by atoms with Crippen molar-refractivity contribution in [3.05, 3.63) is 96.1 Å². The Balaban J connectivity index is 1.25. The van der Waals surface area contributed by atoms with E-state index in [0.29, 0.717) is 43.9 Å². The van der Waals surface area contributed by atoms with E-state index in [-0.39, 0.29) is 17.6 Å². The van der Waals surface area contributed by atoms with Crippen molar-refractivity contribution in [1.29, 1.82) is 0 Å². The number of nitrogens with zero attached hydrogens (tertiary/aromatic N) is 2. The van der Waals surface area contributed by atoms with E-state index in [4.69, 9.17) is 8.83 Å². The average molecular weight is 472 g/mol. The third-order valence-corrected chi connectivity index (χ3v) is 6.15. The number of rotatable bonds is 6. The maximum atomic E-state index is 13.4. The minimum absolute atomic E-state index is 0.150. The Labute approximate surface area is 202 Å². The molecule has 0 spiro atoms. The molecule has 4 aromatic rings. The zero-order chi connectivity index (χ0) is 24.2. The fourth-order valence-corrected chi connectivity index (χ4v) is 4.28. The summed E-state index contributed by atoms with van der Waals surface area (Å²) in [5.74, 6) is -0.386. The van der Waals surface area contributed by atoms with Gasteiger partial charge in [-0.05, 0) is 29.8 Å². The van der Waals surface area contributed by atoms with Crippen molar-refractivity contribution in [2.24, 2.45) is 0 Å². The number of fused-ring (bicyclic) bond motifs is 1. The van der Waals surface area contributed by atoms with E-state index in [1.54, 1.807) is 28.0 Å². The number of carbonyl (C=O) groups excluding carboxylic acids is 3. The first kappa shape index (κ1) is 22.5. The SMILES string of the molecule is O=C(NC(Cc1ccccc1)C(=O)N1CCN(C(=O)c2cc3ccccc3o2)CC1)c1ccco1. The number of hydrogen-bond acceptors (Lipinski definition) is 5. The molecule has 35 heavy (non-hydrogen) atoms.